The van der Waals surface area contributed by atoms with E-state index in [4.69, 9.17) is 24.3 Å². The maximum Gasteiger partial charge on any atom is 0.401 e. The highest BCUT2D eigenvalue weighted by Crippen LogP contribution is 2.48. The predicted molar refractivity (Wildman–Crippen MR) is 165 cm³/mol. The molecule has 3 aliphatic heterocycles. The number of benzene rings is 1. The van der Waals surface area contributed by atoms with Gasteiger partial charge < -0.3 is 19.1 Å². The third-order valence-corrected chi connectivity index (χ3v) is 10.8. The van der Waals surface area contributed by atoms with E-state index in [-0.39, 0.29) is 18.6 Å². The molecule has 3 fully saturated rings. The van der Waals surface area contributed by atoms with Crippen molar-refractivity contribution in [3.63, 3.8) is 0 Å². The molecule has 2 aromatic heterocycles. The molecule has 0 amide bonds. The van der Waals surface area contributed by atoms with Crippen molar-refractivity contribution >= 4 is 16.7 Å². The van der Waals surface area contributed by atoms with Gasteiger partial charge in [0.1, 0.15) is 5.82 Å². The van der Waals surface area contributed by atoms with Crippen molar-refractivity contribution in [2.75, 3.05) is 45.4 Å². The van der Waals surface area contributed by atoms with Gasteiger partial charge >= 0.3 is 6.18 Å². The lowest BCUT2D eigenvalue weighted by molar-refractivity contribution is -0.155. The Hall–Kier alpha value is -2.73. The highest BCUT2D eigenvalue weighted by atomic mass is 19.4. The molecule has 7 rings (SSSR count). The molecule has 1 saturated carbocycles. The molecule has 1 aromatic carbocycles. The Bertz CT molecular complexity index is 1470. The number of hydrogen-bond donors (Lipinski definition) is 0. The molecule has 8 nitrogen and oxygen atoms in total. The fraction of sp³-hybridized carbons (Fsp3) is 0.647. The summed E-state index contributed by atoms with van der Waals surface area (Å²) < 4.78 is 60.8. The lowest BCUT2D eigenvalue weighted by Gasteiger charge is -2.54. The standard InChI is InChI=1S/C34H44F3N5O3/c1-22-16-26-25(8-9-28-27(26)18-39-42(28)30-6-4-5-15-45-30)31(41(22)21-34(35,36)37)24-7-10-29(38-17-24)40-19-33(20-40)13-11-23(12-14-33)32(43-2)44-3/h7-10,17-18,22-23,30-32H,4-6,11-16,19-21H2,1-3H3/t22-,30?,31?/m1/s1. The zero-order valence-corrected chi connectivity index (χ0v) is 26.4. The third kappa shape index (κ3) is 5.85. The smallest absolute Gasteiger partial charge is 0.356 e. The van der Waals surface area contributed by atoms with Gasteiger partial charge in [0.2, 0.25) is 0 Å². The van der Waals surface area contributed by atoms with Gasteiger partial charge in [0.25, 0.3) is 0 Å². The van der Waals surface area contributed by atoms with E-state index in [1.54, 1.807) is 25.3 Å². The van der Waals surface area contributed by atoms with Crippen molar-refractivity contribution in [1.29, 1.82) is 0 Å². The largest absolute Gasteiger partial charge is 0.401 e. The molecular weight excluding hydrogens is 583 g/mol. The normalized spacial score (nSPS) is 26.0. The van der Waals surface area contributed by atoms with Crippen LogP contribution in [0.15, 0.2) is 36.7 Å². The summed E-state index contributed by atoms with van der Waals surface area (Å²) in [7, 11) is 3.41. The first kappa shape index (κ1) is 30.9. The van der Waals surface area contributed by atoms with Crippen LogP contribution in [0.1, 0.15) is 80.8 Å². The van der Waals surface area contributed by atoms with Crippen molar-refractivity contribution in [1.82, 2.24) is 19.7 Å². The molecule has 1 aliphatic carbocycles. The second kappa shape index (κ2) is 12.1. The molecule has 11 heteroatoms. The van der Waals surface area contributed by atoms with Crippen LogP contribution in [-0.4, -0.2) is 78.6 Å². The number of alkyl halides is 3. The summed E-state index contributed by atoms with van der Waals surface area (Å²) in [5, 5.41) is 5.70. The lowest BCUT2D eigenvalue weighted by Crippen LogP contribution is -2.58. The number of methoxy groups -OCH3 is 2. The van der Waals surface area contributed by atoms with Gasteiger partial charge in [0.05, 0.1) is 24.3 Å². The van der Waals surface area contributed by atoms with Gasteiger partial charge in [-0.1, -0.05) is 12.1 Å². The number of pyridine rings is 1. The molecule has 0 radical (unpaired) electrons. The molecule has 5 heterocycles. The molecule has 244 valence electrons. The van der Waals surface area contributed by atoms with E-state index < -0.39 is 18.8 Å². The van der Waals surface area contributed by atoms with Crippen LogP contribution in [0.2, 0.25) is 0 Å². The molecule has 1 spiro atoms. The van der Waals surface area contributed by atoms with Gasteiger partial charge in [-0.15, -0.1) is 0 Å². The van der Waals surface area contributed by atoms with Crippen LogP contribution >= 0.6 is 0 Å². The summed E-state index contributed by atoms with van der Waals surface area (Å²) in [5.74, 6) is 1.31. The predicted octanol–water partition coefficient (Wildman–Crippen LogP) is 6.64. The first-order chi connectivity index (χ1) is 21.7. The van der Waals surface area contributed by atoms with Crippen LogP contribution in [0, 0.1) is 11.3 Å². The van der Waals surface area contributed by atoms with Gasteiger partial charge in [-0.3, -0.25) is 4.90 Å². The van der Waals surface area contributed by atoms with Gasteiger partial charge in [-0.2, -0.15) is 18.3 Å². The Kier molecular flexibility index (Phi) is 8.33. The van der Waals surface area contributed by atoms with Crippen molar-refractivity contribution in [3.05, 3.63) is 53.3 Å². The van der Waals surface area contributed by atoms with Crippen molar-refractivity contribution in [3.8, 4) is 0 Å². The van der Waals surface area contributed by atoms with E-state index in [1.807, 2.05) is 42.1 Å². The quantitative estimate of drug-likeness (QED) is 0.272. The monoisotopic (exact) mass is 627 g/mol. The highest BCUT2D eigenvalue weighted by Gasteiger charge is 2.47. The molecule has 3 aromatic rings. The number of nitrogens with zero attached hydrogens (tertiary/aromatic N) is 5. The van der Waals surface area contributed by atoms with Gasteiger partial charge in [0.15, 0.2) is 12.5 Å². The van der Waals surface area contributed by atoms with Gasteiger partial charge in [-0.25, -0.2) is 9.67 Å². The average Bonchev–Trinajstić information content (AvgIpc) is 3.46. The Balaban J connectivity index is 1.13. The Labute approximate surface area is 262 Å². The fourth-order valence-corrected chi connectivity index (χ4v) is 8.49. The number of rotatable bonds is 7. The molecule has 0 N–H and O–H groups in total. The molecule has 3 atom stereocenters. The summed E-state index contributed by atoms with van der Waals surface area (Å²) in [6, 6.07) is 7.10. The minimum absolute atomic E-state index is 0.104. The van der Waals surface area contributed by atoms with Crippen LogP contribution in [-0.2, 0) is 20.6 Å². The molecule has 2 saturated heterocycles. The van der Waals surface area contributed by atoms with Crippen molar-refractivity contribution in [2.24, 2.45) is 11.3 Å². The maximum atomic E-state index is 13.9. The number of halogens is 3. The second-order valence-corrected chi connectivity index (χ2v) is 13.7. The molecular formula is C34H44F3N5O3. The van der Waals surface area contributed by atoms with Gasteiger partial charge in [0, 0.05) is 62.9 Å². The minimum Gasteiger partial charge on any atom is -0.356 e. The second-order valence-electron chi connectivity index (χ2n) is 13.7. The van der Waals surface area contributed by atoms with Crippen LogP contribution in [0.25, 0.3) is 10.9 Å². The molecule has 45 heavy (non-hydrogen) atoms. The first-order valence-electron chi connectivity index (χ1n) is 16.4. The molecule has 0 bridgehead atoms. The van der Waals surface area contributed by atoms with E-state index >= 15 is 0 Å². The maximum absolute atomic E-state index is 13.9. The van der Waals surface area contributed by atoms with Crippen LogP contribution in [0.5, 0.6) is 0 Å². The number of fused-ring (bicyclic) bond motifs is 3. The third-order valence-electron chi connectivity index (χ3n) is 10.8. The van der Waals surface area contributed by atoms with Gasteiger partial charge in [-0.05, 0) is 87.1 Å². The SMILES string of the molecule is COC(OC)C1CCC2(CC1)CN(c1ccc(C3c4ccc5c(cnn5C5CCCCO5)c4C[C@@H](C)N3CC(F)(F)F)cn1)C2. The molecule has 4 aliphatic rings. The Morgan fingerprint density at radius 2 is 1.80 bits per heavy atom. The zero-order chi connectivity index (χ0) is 31.3. The fourth-order valence-electron chi connectivity index (χ4n) is 8.49. The van der Waals surface area contributed by atoms with Crippen molar-refractivity contribution in [2.45, 2.75) is 89.1 Å². The number of hydrogen-bond acceptors (Lipinski definition) is 7. The van der Waals surface area contributed by atoms with E-state index in [0.29, 0.717) is 24.4 Å². The summed E-state index contributed by atoms with van der Waals surface area (Å²) in [4.78, 5) is 8.71. The van der Waals surface area contributed by atoms with Crippen LogP contribution in [0.3, 0.4) is 0 Å². The molecule has 2 unspecified atom stereocenters. The Morgan fingerprint density at radius 3 is 2.44 bits per heavy atom. The minimum atomic E-state index is -4.32. The summed E-state index contributed by atoms with van der Waals surface area (Å²) >= 11 is 0. The number of aromatic nitrogens is 3. The lowest BCUT2D eigenvalue weighted by atomic mass is 9.65. The van der Waals surface area contributed by atoms with E-state index in [2.05, 4.69) is 4.90 Å². The van der Waals surface area contributed by atoms with Crippen LogP contribution < -0.4 is 4.90 Å². The first-order valence-corrected chi connectivity index (χ1v) is 16.4. The zero-order valence-electron chi connectivity index (χ0n) is 26.4. The highest BCUT2D eigenvalue weighted by molar-refractivity contribution is 5.84. The Morgan fingerprint density at radius 1 is 1.02 bits per heavy atom. The summed E-state index contributed by atoms with van der Waals surface area (Å²) in [5.41, 5.74) is 4.01. The van der Waals surface area contributed by atoms with E-state index in [1.165, 1.54) is 0 Å². The summed E-state index contributed by atoms with van der Waals surface area (Å²) in [6.45, 7) is 3.54. The van der Waals surface area contributed by atoms with E-state index in [0.717, 1.165) is 91.4 Å². The summed E-state index contributed by atoms with van der Waals surface area (Å²) in [6.07, 6.45) is 7.11. The number of ether oxygens (including phenoxy) is 3. The van der Waals surface area contributed by atoms with E-state index in [9.17, 15) is 13.2 Å². The topological polar surface area (TPSA) is 64.9 Å². The van der Waals surface area contributed by atoms with Crippen molar-refractivity contribution < 1.29 is 27.4 Å². The number of anilines is 1. The van der Waals surface area contributed by atoms with Crippen LogP contribution in [0.4, 0.5) is 19.0 Å². The average molecular weight is 628 g/mol.